The minimum Gasteiger partial charge on any atom is -0.274 e. The summed E-state index contributed by atoms with van der Waals surface area (Å²) >= 11 is 7.32. The highest BCUT2D eigenvalue weighted by Gasteiger charge is 2.38. The second-order valence-electron chi connectivity index (χ2n) is 2.44. The van der Waals surface area contributed by atoms with Crippen LogP contribution in [-0.2, 0) is 9.59 Å². The molecule has 1 rings (SSSR count). The van der Waals surface area contributed by atoms with Crippen LogP contribution in [0.3, 0.4) is 0 Å². The molecule has 1 heterocycles. The van der Waals surface area contributed by atoms with Gasteiger partial charge < -0.3 is 0 Å². The van der Waals surface area contributed by atoms with E-state index in [1.165, 1.54) is 11.8 Å². The Bertz CT molecular complexity index is 222. The Balaban J connectivity index is 2.59. The van der Waals surface area contributed by atoms with Crippen molar-refractivity contribution >= 4 is 59.1 Å². The van der Waals surface area contributed by atoms with E-state index in [4.69, 9.17) is 0 Å². The minimum absolute atomic E-state index is 0.0923. The monoisotopic (exact) mass is 317 g/mol. The minimum atomic E-state index is -0.220. The molecular formula is C6H8INO2S2. The molecule has 1 aliphatic heterocycles. The molecule has 0 N–H and O–H groups in total. The van der Waals surface area contributed by atoms with E-state index >= 15 is 0 Å². The fourth-order valence-electron chi connectivity index (χ4n) is 0.919. The molecule has 0 aromatic carbocycles. The van der Waals surface area contributed by atoms with Gasteiger partial charge in [0.1, 0.15) is 0 Å². The van der Waals surface area contributed by atoms with E-state index < -0.39 is 0 Å². The van der Waals surface area contributed by atoms with Gasteiger partial charge in [0, 0.05) is 11.0 Å². The smallest absolute Gasteiger partial charge is 0.251 e. The van der Waals surface area contributed by atoms with Crippen molar-refractivity contribution in [2.45, 2.75) is 23.2 Å². The number of halogens is 1. The molecule has 6 heteroatoms. The lowest BCUT2D eigenvalue weighted by atomic mass is 10.4. The molecule has 2 amide bonds. The molecule has 1 aliphatic rings. The molecule has 68 valence electrons. The molecule has 0 aliphatic carbocycles. The summed E-state index contributed by atoms with van der Waals surface area (Å²) in [6.07, 6.45) is 0.317. The number of rotatable bonds is 2. The number of imide groups is 1. The summed E-state index contributed by atoms with van der Waals surface area (Å²) in [5.74, 6) is -0.210. The van der Waals surface area contributed by atoms with Gasteiger partial charge in [-0.3, -0.25) is 9.59 Å². The number of thiol groups is 1. The molecule has 3 nitrogen and oxygen atoms in total. The van der Waals surface area contributed by atoms with Crippen LogP contribution in [0.5, 0.6) is 0 Å². The van der Waals surface area contributed by atoms with Gasteiger partial charge in [-0.1, -0.05) is 0 Å². The van der Waals surface area contributed by atoms with Gasteiger partial charge in [-0.15, -0.1) is 11.8 Å². The number of nitrogens with zero attached hydrogens (tertiary/aromatic N) is 1. The second-order valence-corrected chi connectivity index (χ2v) is 6.08. The van der Waals surface area contributed by atoms with Crippen molar-refractivity contribution in [2.75, 3.05) is 0 Å². The fraction of sp³-hybridized carbons (Fsp3) is 0.667. The van der Waals surface area contributed by atoms with Crippen LogP contribution in [0.1, 0.15) is 13.3 Å². The van der Waals surface area contributed by atoms with Crippen LogP contribution in [-0.4, -0.2) is 24.8 Å². The summed E-state index contributed by atoms with van der Waals surface area (Å²) in [5.41, 5.74) is 0. The van der Waals surface area contributed by atoms with Crippen molar-refractivity contribution in [3.05, 3.63) is 0 Å². The van der Waals surface area contributed by atoms with Crippen molar-refractivity contribution in [3.8, 4) is 0 Å². The van der Waals surface area contributed by atoms with Crippen LogP contribution in [0.4, 0.5) is 0 Å². The largest absolute Gasteiger partial charge is 0.274 e. The molecular weight excluding hydrogens is 309 g/mol. The third kappa shape index (κ3) is 2.29. The van der Waals surface area contributed by atoms with Crippen LogP contribution in [0, 0.1) is 0 Å². The summed E-state index contributed by atoms with van der Waals surface area (Å²) in [6.45, 7) is 1.89. The Morgan fingerprint density at radius 2 is 2.33 bits per heavy atom. The molecule has 0 aromatic heterocycles. The zero-order chi connectivity index (χ0) is 9.30. The van der Waals surface area contributed by atoms with Crippen molar-refractivity contribution in [1.82, 2.24) is 3.11 Å². The third-order valence-corrected chi connectivity index (χ3v) is 3.88. The van der Waals surface area contributed by atoms with E-state index in [1.807, 2.05) is 6.92 Å². The van der Waals surface area contributed by atoms with Crippen LogP contribution in [0.15, 0.2) is 0 Å². The van der Waals surface area contributed by atoms with Gasteiger partial charge in [-0.05, 0) is 6.92 Å². The molecule has 2 unspecified atom stereocenters. The third-order valence-electron chi connectivity index (χ3n) is 1.41. The summed E-state index contributed by atoms with van der Waals surface area (Å²) in [4.78, 5) is 22.3. The van der Waals surface area contributed by atoms with Crippen molar-refractivity contribution in [1.29, 1.82) is 0 Å². The maximum Gasteiger partial charge on any atom is 0.251 e. The molecule has 1 saturated heterocycles. The molecule has 0 saturated carbocycles. The topological polar surface area (TPSA) is 37.4 Å². The standard InChI is InChI=1S/C6H8INO2S2/c1-3(11)12-4-2-5(9)8(7)6(4)10/h3-4,11H,2H2,1H3. The van der Waals surface area contributed by atoms with Gasteiger partial charge >= 0.3 is 0 Å². The van der Waals surface area contributed by atoms with Gasteiger partial charge in [-0.2, -0.15) is 12.6 Å². The van der Waals surface area contributed by atoms with Gasteiger partial charge in [-0.25, -0.2) is 3.11 Å². The highest BCUT2D eigenvalue weighted by Crippen LogP contribution is 2.31. The normalized spacial score (nSPS) is 26.6. The maximum atomic E-state index is 11.3. The second kappa shape index (κ2) is 4.19. The van der Waals surface area contributed by atoms with E-state index in [1.54, 1.807) is 22.9 Å². The summed E-state index contributed by atoms with van der Waals surface area (Å²) in [6, 6.07) is 0. The summed E-state index contributed by atoms with van der Waals surface area (Å²) in [7, 11) is 0. The Morgan fingerprint density at radius 1 is 1.75 bits per heavy atom. The molecule has 0 aromatic rings. The lowest BCUT2D eigenvalue weighted by Gasteiger charge is -2.08. The molecule has 12 heavy (non-hydrogen) atoms. The van der Waals surface area contributed by atoms with E-state index in [2.05, 4.69) is 12.6 Å². The number of hydrogen-bond acceptors (Lipinski definition) is 4. The van der Waals surface area contributed by atoms with Crippen molar-refractivity contribution in [3.63, 3.8) is 0 Å². The lowest BCUT2D eigenvalue weighted by molar-refractivity contribution is -0.130. The Hall–Kier alpha value is 0.570. The Morgan fingerprint density at radius 3 is 2.67 bits per heavy atom. The SMILES string of the molecule is CC(S)SC1CC(=O)N(I)C1=O. The maximum absolute atomic E-state index is 11.3. The first-order valence-electron chi connectivity index (χ1n) is 3.38. The zero-order valence-electron chi connectivity index (χ0n) is 6.36. The van der Waals surface area contributed by atoms with Crippen LogP contribution in [0.25, 0.3) is 0 Å². The Labute approximate surface area is 94.5 Å². The highest BCUT2D eigenvalue weighted by molar-refractivity contribution is 14.1. The van der Waals surface area contributed by atoms with Crippen molar-refractivity contribution < 1.29 is 9.59 Å². The molecule has 2 atom stereocenters. The average Bonchev–Trinajstić information content (AvgIpc) is 2.17. The predicted molar refractivity (Wildman–Crippen MR) is 60.3 cm³/mol. The molecule has 0 spiro atoms. The lowest BCUT2D eigenvalue weighted by Crippen LogP contribution is -2.21. The fourth-order valence-corrected chi connectivity index (χ4v) is 3.02. The number of carbonyl (C=O) groups excluding carboxylic acids is 2. The van der Waals surface area contributed by atoms with Crippen LogP contribution in [0.2, 0.25) is 0 Å². The van der Waals surface area contributed by atoms with Crippen molar-refractivity contribution in [2.24, 2.45) is 0 Å². The first-order valence-corrected chi connectivity index (χ1v) is 5.81. The van der Waals surface area contributed by atoms with Gasteiger partial charge in [0.05, 0.1) is 28.1 Å². The first kappa shape index (κ1) is 10.6. The highest BCUT2D eigenvalue weighted by atomic mass is 127. The quantitative estimate of drug-likeness (QED) is 0.276. The van der Waals surface area contributed by atoms with Gasteiger partial charge in [0.2, 0.25) is 5.91 Å². The Kier molecular flexibility index (Phi) is 3.72. The molecule has 1 fully saturated rings. The van der Waals surface area contributed by atoms with E-state index in [0.29, 0.717) is 6.42 Å². The summed E-state index contributed by atoms with van der Waals surface area (Å²) in [5, 5.41) is -0.220. The molecule has 0 radical (unpaired) electrons. The number of amides is 2. The summed E-state index contributed by atoms with van der Waals surface area (Å²) < 4.78 is 1.25. The van der Waals surface area contributed by atoms with E-state index in [-0.39, 0.29) is 21.6 Å². The average molecular weight is 317 g/mol. The van der Waals surface area contributed by atoms with Crippen LogP contribution >= 0.6 is 47.3 Å². The van der Waals surface area contributed by atoms with Crippen LogP contribution < -0.4 is 0 Å². The predicted octanol–water partition coefficient (Wildman–Crippen LogP) is 1.47. The zero-order valence-corrected chi connectivity index (χ0v) is 10.2. The van der Waals surface area contributed by atoms with Gasteiger partial charge in [0.15, 0.2) is 0 Å². The first-order chi connectivity index (χ1) is 5.52. The molecule has 0 bridgehead atoms. The van der Waals surface area contributed by atoms with Gasteiger partial charge in [0.25, 0.3) is 5.91 Å². The van der Waals surface area contributed by atoms with E-state index in [0.717, 1.165) is 3.11 Å². The number of thioether (sulfide) groups is 1. The van der Waals surface area contributed by atoms with E-state index in [9.17, 15) is 9.59 Å². The number of hydrogen-bond donors (Lipinski definition) is 1. The number of carbonyl (C=O) groups is 2.